The summed E-state index contributed by atoms with van der Waals surface area (Å²) in [7, 11) is 0. The average molecular weight is 334 g/mol. The molecule has 2 amide bonds. The van der Waals surface area contributed by atoms with Crippen molar-refractivity contribution in [2.45, 2.75) is 18.5 Å². The highest BCUT2D eigenvalue weighted by Crippen LogP contribution is 2.38. The Balaban J connectivity index is 2.07. The predicted molar refractivity (Wildman–Crippen MR) is 83.8 cm³/mol. The molecule has 2 heterocycles. The lowest BCUT2D eigenvalue weighted by molar-refractivity contribution is 0.0343. The van der Waals surface area contributed by atoms with Crippen LogP contribution in [0.1, 0.15) is 12.0 Å². The number of phenols is 1. The summed E-state index contributed by atoms with van der Waals surface area (Å²) in [5.74, 6) is 0.116. The van der Waals surface area contributed by atoms with E-state index < -0.39 is 24.3 Å². The first-order chi connectivity index (χ1) is 11.4. The van der Waals surface area contributed by atoms with Gasteiger partial charge in [-0.1, -0.05) is 12.1 Å². The van der Waals surface area contributed by atoms with Gasteiger partial charge in [0.1, 0.15) is 5.75 Å². The van der Waals surface area contributed by atoms with Crippen molar-refractivity contribution < 1.29 is 30.0 Å². The minimum atomic E-state index is -1.12. The van der Waals surface area contributed by atoms with E-state index in [1.54, 1.807) is 12.1 Å². The van der Waals surface area contributed by atoms with Crippen LogP contribution in [-0.4, -0.2) is 74.2 Å². The largest absolute Gasteiger partial charge is 0.508 e. The maximum atomic E-state index is 11.6. The van der Waals surface area contributed by atoms with Crippen LogP contribution in [0, 0.1) is 0 Å². The van der Waals surface area contributed by atoms with Gasteiger partial charge in [-0.3, -0.25) is 4.90 Å². The second-order valence-corrected chi connectivity index (χ2v) is 5.96. The van der Waals surface area contributed by atoms with Gasteiger partial charge < -0.3 is 25.3 Å². The van der Waals surface area contributed by atoms with Crippen LogP contribution in [0.25, 0.3) is 5.57 Å². The second-order valence-electron chi connectivity index (χ2n) is 5.96. The van der Waals surface area contributed by atoms with E-state index in [0.717, 1.165) is 11.1 Å². The molecule has 0 spiro atoms. The molecule has 8 heteroatoms. The van der Waals surface area contributed by atoms with Crippen LogP contribution in [0.15, 0.2) is 29.8 Å². The third kappa shape index (κ3) is 2.65. The Kier molecular flexibility index (Phi) is 4.06. The minimum Gasteiger partial charge on any atom is -0.508 e. The summed E-state index contributed by atoms with van der Waals surface area (Å²) in [5.41, 5.74) is 2.11. The van der Waals surface area contributed by atoms with E-state index in [9.17, 15) is 30.0 Å². The van der Waals surface area contributed by atoms with Crippen LogP contribution in [0.4, 0.5) is 9.59 Å². The molecule has 0 aliphatic carbocycles. The summed E-state index contributed by atoms with van der Waals surface area (Å²) in [6, 6.07) is 5.26. The van der Waals surface area contributed by atoms with Crippen LogP contribution in [0.2, 0.25) is 0 Å². The van der Waals surface area contributed by atoms with E-state index in [1.807, 2.05) is 0 Å². The van der Waals surface area contributed by atoms with Crippen LogP contribution in [0.3, 0.4) is 0 Å². The standard InChI is InChI=1S/C16H18N2O6/c19-8-13-12(9-1-3-11(20)4-2-9)5-10-6-17(15(21)22)7-14(13)18(10)16(23)24/h1-4,10,14,19-20H,5-8H2,(H,21,22)(H,23,24)/t10-,14-/m1/s1. The lowest BCUT2D eigenvalue weighted by atomic mass is 9.82. The van der Waals surface area contributed by atoms with Crippen molar-refractivity contribution in [1.29, 1.82) is 0 Å². The third-order valence-electron chi connectivity index (χ3n) is 4.66. The van der Waals surface area contributed by atoms with Crippen molar-refractivity contribution in [3.8, 4) is 5.75 Å². The number of aliphatic hydroxyl groups is 1. The van der Waals surface area contributed by atoms with Gasteiger partial charge in [0, 0.05) is 13.1 Å². The number of hydrogen-bond acceptors (Lipinski definition) is 4. The van der Waals surface area contributed by atoms with Gasteiger partial charge in [0.25, 0.3) is 0 Å². The molecule has 0 saturated carbocycles. The highest BCUT2D eigenvalue weighted by Gasteiger charge is 2.45. The van der Waals surface area contributed by atoms with Crippen molar-refractivity contribution in [2.24, 2.45) is 0 Å². The summed E-state index contributed by atoms with van der Waals surface area (Å²) >= 11 is 0. The van der Waals surface area contributed by atoms with E-state index in [1.165, 1.54) is 21.9 Å². The van der Waals surface area contributed by atoms with Crippen molar-refractivity contribution in [2.75, 3.05) is 19.7 Å². The topological polar surface area (TPSA) is 122 Å². The van der Waals surface area contributed by atoms with E-state index >= 15 is 0 Å². The van der Waals surface area contributed by atoms with E-state index in [4.69, 9.17) is 0 Å². The molecule has 128 valence electrons. The molecule has 2 atom stereocenters. The molecule has 8 nitrogen and oxygen atoms in total. The Labute approximate surface area is 137 Å². The van der Waals surface area contributed by atoms with Crippen LogP contribution >= 0.6 is 0 Å². The zero-order chi connectivity index (χ0) is 17.4. The van der Waals surface area contributed by atoms with Gasteiger partial charge in [0.2, 0.25) is 0 Å². The Morgan fingerprint density at radius 2 is 1.75 bits per heavy atom. The number of aromatic hydroxyl groups is 1. The lowest BCUT2D eigenvalue weighted by Crippen LogP contribution is -2.64. The molecule has 4 N–H and O–H groups in total. The number of piperazine rings is 1. The van der Waals surface area contributed by atoms with Gasteiger partial charge in [-0.25, -0.2) is 9.59 Å². The Hall–Kier alpha value is -2.74. The maximum Gasteiger partial charge on any atom is 0.408 e. The van der Waals surface area contributed by atoms with Gasteiger partial charge in [0.05, 0.1) is 18.7 Å². The van der Waals surface area contributed by atoms with E-state index in [0.29, 0.717) is 12.0 Å². The number of carboxylic acid groups (broad SMARTS) is 2. The highest BCUT2D eigenvalue weighted by atomic mass is 16.4. The average Bonchev–Trinajstić information content (AvgIpc) is 2.53. The Morgan fingerprint density at radius 1 is 1.08 bits per heavy atom. The number of nitrogens with zero attached hydrogens (tertiary/aromatic N) is 2. The zero-order valence-electron chi connectivity index (χ0n) is 12.8. The third-order valence-corrected chi connectivity index (χ3v) is 4.66. The number of aliphatic hydroxyl groups excluding tert-OH is 1. The van der Waals surface area contributed by atoms with Crippen LogP contribution in [-0.2, 0) is 0 Å². The number of hydrogen-bond donors (Lipinski definition) is 4. The number of fused-ring (bicyclic) bond motifs is 2. The van der Waals surface area contributed by atoms with Crippen molar-refractivity contribution >= 4 is 17.8 Å². The van der Waals surface area contributed by atoms with Crippen molar-refractivity contribution in [3.05, 3.63) is 35.4 Å². The monoisotopic (exact) mass is 334 g/mol. The maximum absolute atomic E-state index is 11.6. The van der Waals surface area contributed by atoms with Crippen molar-refractivity contribution in [1.82, 2.24) is 9.80 Å². The SMILES string of the molecule is O=C(O)N1C[C@H]2CC(c3ccc(O)cc3)=C(CO)[C@@H](C1)N2C(=O)O. The molecule has 2 aliphatic rings. The molecule has 1 aromatic rings. The molecule has 2 aliphatic heterocycles. The lowest BCUT2D eigenvalue weighted by Gasteiger charge is -2.49. The van der Waals surface area contributed by atoms with Gasteiger partial charge in [-0.2, -0.15) is 0 Å². The molecule has 2 bridgehead atoms. The smallest absolute Gasteiger partial charge is 0.408 e. The number of carbonyl (C=O) groups is 2. The molecule has 0 radical (unpaired) electrons. The first-order valence-corrected chi connectivity index (χ1v) is 7.53. The second kappa shape index (κ2) is 6.04. The van der Waals surface area contributed by atoms with E-state index in [-0.39, 0.29) is 25.4 Å². The van der Waals surface area contributed by atoms with Gasteiger partial charge >= 0.3 is 12.2 Å². The molecule has 0 aromatic heterocycles. The number of benzene rings is 1. The summed E-state index contributed by atoms with van der Waals surface area (Å²) in [5, 5.41) is 38.0. The molecule has 1 fully saturated rings. The first-order valence-electron chi connectivity index (χ1n) is 7.53. The molecule has 0 unspecified atom stereocenters. The summed E-state index contributed by atoms with van der Waals surface area (Å²) in [4.78, 5) is 25.4. The summed E-state index contributed by atoms with van der Waals surface area (Å²) in [6.07, 6.45) is -1.90. The van der Waals surface area contributed by atoms with E-state index in [2.05, 4.69) is 0 Å². The number of phenolic OH excluding ortho intramolecular Hbond substituents is 1. The fraction of sp³-hybridized carbons (Fsp3) is 0.375. The number of rotatable bonds is 2. The fourth-order valence-corrected chi connectivity index (χ4v) is 3.59. The summed E-state index contributed by atoms with van der Waals surface area (Å²) in [6.45, 7) is -0.265. The molecular weight excluding hydrogens is 316 g/mol. The fourth-order valence-electron chi connectivity index (χ4n) is 3.59. The summed E-state index contributed by atoms with van der Waals surface area (Å²) < 4.78 is 0. The van der Waals surface area contributed by atoms with Gasteiger partial charge in [-0.05, 0) is 35.3 Å². The Morgan fingerprint density at radius 3 is 2.29 bits per heavy atom. The van der Waals surface area contributed by atoms with Crippen LogP contribution < -0.4 is 0 Å². The number of amides is 2. The molecule has 1 aromatic carbocycles. The minimum absolute atomic E-state index is 0.00435. The Bertz CT molecular complexity index is 699. The molecule has 3 rings (SSSR count). The molecular formula is C16H18N2O6. The normalized spacial score (nSPS) is 23.4. The van der Waals surface area contributed by atoms with Gasteiger partial charge in [-0.15, -0.1) is 0 Å². The van der Waals surface area contributed by atoms with Gasteiger partial charge in [0.15, 0.2) is 0 Å². The first kappa shape index (κ1) is 16.1. The van der Waals surface area contributed by atoms with Crippen molar-refractivity contribution in [3.63, 3.8) is 0 Å². The quantitative estimate of drug-likeness (QED) is 0.646. The van der Waals surface area contributed by atoms with Crippen LogP contribution in [0.5, 0.6) is 5.75 Å². The highest BCUT2D eigenvalue weighted by molar-refractivity contribution is 5.77. The molecule has 24 heavy (non-hydrogen) atoms. The molecule has 1 saturated heterocycles. The predicted octanol–water partition coefficient (Wildman–Crippen LogP) is 1.25. The zero-order valence-corrected chi connectivity index (χ0v) is 12.8.